The van der Waals surface area contributed by atoms with Gasteiger partial charge in [-0.15, -0.1) is 0 Å². The van der Waals surface area contributed by atoms with E-state index in [0.717, 1.165) is 38.0 Å². The molecule has 0 N–H and O–H groups in total. The van der Waals surface area contributed by atoms with Crippen LogP contribution < -0.4 is 4.90 Å². The first kappa shape index (κ1) is 28.3. The molecule has 3 aliphatic rings. The number of hydrogen-bond acceptors (Lipinski definition) is 4. The maximum atomic E-state index is 14.1. The second kappa shape index (κ2) is 12.2. The minimum atomic E-state index is -0.782. The number of anilines is 1. The van der Waals surface area contributed by atoms with Gasteiger partial charge in [0.1, 0.15) is 12.1 Å². The van der Waals surface area contributed by atoms with E-state index in [1.54, 1.807) is 34.1 Å². The van der Waals surface area contributed by atoms with E-state index in [0.29, 0.717) is 49.1 Å². The highest BCUT2D eigenvalue weighted by atomic mass is 35.5. The molecule has 3 aromatic rings. The third-order valence-corrected chi connectivity index (χ3v) is 9.43. The van der Waals surface area contributed by atoms with Crippen LogP contribution in [0.2, 0.25) is 5.02 Å². The molecule has 3 aliphatic heterocycles. The van der Waals surface area contributed by atoms with Gasteiger partial charge in [0, 0.05) is 42.5 Å². The van der Waals surface area contributed by atoms with Crippen LogP contribution in [0.25, 0.3) is 0 Å². The molecule has 0 radical (unpaired) electrons. The van der Waals surface area contributed by atoms with Gasteiger partial charge in [-0.25, -0.2) is 0 Å². The lowest BCUT2D eigenvalue weighted by molar-refractivity contribution is -0.141. The van der Waals surface area contributed by atoms with Crippen LogP contribution in [-0.2, 0) is 16.0 Å². The minimum absolute atomic E-state index is 0.0140. The first-order valence-corrected chi connectivity index (χ1v) is 15.3. The van der Waals surface area contributed by atoms with Gasteiger partial charge in [0.05, 0.1) is 6.67 Å². The summed E-state index contributed by atoms with van der Waals surface area (Å²) in [4.78, 5) is 48.4. The molecule has 6 rings (SSSR count). The number of nitrogens with zero attached hydrogens (tertiary/aromatic N) is 4. The summed E-state index contributed by atoms with van der Waals surface area (Å²) < 4.78 is 0. The fourth-order valence-corrected chi connectivity index (χ4v) is 6.99. The van der Waals surface area contributed by atoms with Crippen LogP contribution in [0.4, 0.5) is 5.69 Å². The van der Waals surface area contributed by atoms with E-state index in [9.17, 15) is 14.4 Å². The van der Waals surface area contributed by atoms with Crippen molar-refractivity contribution < 1.29 is 14.4 Å². The molecule has 0 saturated carbocycles. The summed E-state index contributed by atoms with van der Waals surface area (Å²) in [7, 11) is 0. The van der Waals surface area contributed by atoms with Gasteiger partial charge in [0.2, 0.25) is 5.91 Å². The summed E-state index contributed by atoms with van der Waals surface area (Å²) in [6.07, 6.45) is 4.00. The van der Waals surface area contributed by atoms with Crippen molar-refractivity contribution >= 4 is 35.0 Å². The SMILES string of the molecule is O=C(CN1CN(c2ccccc2)C2(CCN(C(=O)c3cccc(Cl)c3)CC2)C1=O)N1CCC(Cc2ccccc2)CC1. The number of para-hydroxylation sites is 1. The van der Waals surface area contributed by atoms with Gasteiger partial charge in [-0.3, -0.25) is 14.4 Å². The zero-order valence-corrected chi connectivity index (χ0v) is 24.6. The Bertz CT molecular complexity index is 1420. The van der Waals surface area contributed by atoms with Crippen LogP contribution >= 0.6 is 11.6 Å². The number of likely N-dealkylation sites (tertiary alicyclic amines) is 2. The smallest absolute Gasteiger partial charge is 0.253 e. The fraction of sp³-hybridized carbons (Fsp3) is 0.382. The number of benzene rings is 3. The molecule has 8 heteroatoms. The molecule has 3 aromatic carbocycles. The fourth-order valence-electron chi connectivity index (χ4n) is 6.80. The van der Waals surface area contributed by atoms with Crippen molar-refractivity contribution in [3.8, 4) is 0 Å². The van der Waals surface area contributed by atoms with Crippen molar-refractivity contribution in [2.75, 3.05) is 44.3 Å². The van der Waals surface area contributed by atoms with E-state index < -0.39 is 5.54 Å². The quantitative estimate of drug-likeness (QED) is 0.404. The molecule has 7 nitrogen and oxygen atoms in total. The molecule has 3 saturated heterocycles. The summed E-state index contributed by atoms with van der Waals surface area (Å²) in [6.45, 7) is 2.81. The summed E-state index contributed by atoms with van der Waals surface area (Å²) in [6, 6.07) is 27.4. The summed E-state index contributed by atoms with van der Waals surface area (Å²) in [5, 5.41) is 0.524. The number of piperidine rings is 2. The highest BCUT2D eigenvalue weighted by Crippen LogP contribution is 2.40. The average molecular weight is 585 g/mol. The second-order valence-corrected chi connectivity index (χ2v) is 12.2. The monoisotopic (exact) mass is 584 g/mol. The Balaban J connectivity index is 1.12. The number of carbonyl (C=O) groups excluding carboxylic acids is 3. The third kappa shape index (κ3) is 5.75. The van der Waals surface area contributed by atoms with E-state index in [4.69, 9.17) is 11.6 Å². The maximum Gasteiger partial charge on any atom is 0.253 e. The summed E-state index contributed by atoms with van der Waals surface area (Å²) in [5.74, 6) is 0.488. The highest BCUT2D eigenvalue weighted by molar-refractivity contribution is 6.31. The molecule has 218 valence electrons. The molecule has 0 aliphatic carbocycles. The molecule has 0 atom stereocenters. The Morgan fingerprint density at radius 1 is 0.810 bits per heavy atom. The van der Waals surface area contributed by atoms with Gasteiger partial charge >= 0.3 is 0 Å². The predicted molar refractivity (Wildman–Crippen MR) is 164 cm³/mol. The van der Waals surface area contributed by atoms with Crippen molar-refractivity contribution in [3.05, 3.63) is 101 Å². The Morgan fingerprint density at radius 3 is 2.14 bits per heavy atom. The standard InChI is InChI=1S/C34H37ClN4O3/c35-29-11-7-10-28(23-29)32(41)37-20-16-34(17-21-37)33(42)38(25-39(34)30-12-5-2-6-13-30)24-31(40)36-18-14-27(15-19-36)22-26-8-3-1-4-9-26/h1-13,23,27H,14-22,24-25H2. The largest absolute Gasteiger partial charge is 0.341 e. The topological polar surface area (TPSA) is 64.2 Å². The zero-order valence-electron chi connectivity index (χ0n) is 23.8. The van der Waals surface area contributed by atoms with Crippen molar-refractivity contribution in [2.45, 2.75) is 37.6 Å². The maximum absolute atomic E-state index is 14.1. The van der Waals surface area contributed by atoms with Crippen molar-refractivity contribution in [1.29, 1.82) is 0 Å². The molecule has 1 spiro atoms. The Morgan fingerprint density at radius 2 is 1.48 bits per heavy atom. The first-order valence-electron chi connectivity index (χ1n) is 14.9. The molecule has 3 fully saturated rings. The average Bonchev–Trinajstić information content (AvgIpc) is 3.28. The summed E-state index contributed by atoms with van der Waals surface area (Å²) in [5.41, 5.74) is 2.07. The molecule has 42 heavy (non-hydrogen) atoms. The lowest BCUT2D eigenvalue weighted by atomic mass is 9.85. The zero-order chi connectivity index (χ0) is 29.1. The molecular weight excluding hydrogens is 548 g/mol. The van der Waals surface area contributed by atoms with Crippen LogP contribution in [0.1, 0.15) is 41.6 Å². The van der Waals surface area contributed by atoms with Crippen LogP contribution in [0.5, 0.6) is 0 Å². The highest BCUT2D eigenvalue weighted by Gasteiger charge is 2.54. The number of rotatable bonds is 6. The van der Waals surface area contributed by atoms with Gasteiger partial charge in [0.25, 0.3) is 11.8 Å². The normalized spacial score (nSPS) is 19.0. The number of hydrogen-bond donors (Lipinski definition) is 0. The van der Waals surface area contributed by atoms with E-state index in [2.05, 4.69) is 29.2 Å². The van der Waals surface area contributed by atoms with Crippen LogP contribution in [0, 0.1) is 5.92 Å². The van der Waals surface area contributed by atoms with Gasteiger partial charge in [-0.1, -0.05) is 66.2 Å². The van der Waals surface area contributed by atoms with Crippen LogP contribution in [-0.4, -0.2) is 77.4 Å². The van der Waals surface area contributed by atoms with Gasteiger partial charge in [0.15, 0.2) is 0 Å². The lowest BCUT2D eigenvalue weighted by Crippen LogP contribution is -2.57. The van der Waals surface area contributed by atoms with Crippen LogP contribution in [0.3, 0.4) is 0 Å². The molecule has 3 amide bonds. The van der Waals surface area contributed by atoms with Crippen LogP contribution in [0.15, 0.2) is 84.9 Å². The van der Waals surface area contributed by atoms with E-state index in [-0.39, 0.29) is 24.3 Å². The first-order chi connectivity index (χ1) is 20.4. The molecule has 0 aromatic heterocycles. The van der Waals surface area contributed by atoms with Gasteiger partial charge in [-0.05, 0) is 73.9 Å². The van der Waals surface area contributed by atoms with E-state index in [1.165, 1.54) is 5.56 Å². The lowest BCUT2D eigenvalue weighted by Gasteiger charge is -2.43. The third-order valence-electron chi connectivity index (χ3n) is 9.19. The molecule has 0 bridgehead atoms. The second-order valence-electron chi connectivity index (χ2n) is 11.8. The van der Waals surface area contributed by atoms with Crippen molar-refractivity contribution in [2.24, 2.45) is 5.92 Å². The molecule has 3 heterocycles. The number of amides is 3. The minimum Gasteiger partial charge on any atom is -0.341 e. The number of halogens is 1. The molecular formula is C34H37ClN4O3. The van der Waals surface area contributed by atoms with Gasteiger partial charge < -0.3 is 19.6 Å². The van der Waals surface area contributed by atoms with E-state index >= 15 is 0 Å². The molecule has 0 unspecified atom stereocenters. The predicted octanol–water partition coefficient (Wildman–Crippen LogP) is 5.10. The number of carbonyl (C=O) groups is 3. The van der Waals surface area contributed by atoms with Gasteiger partial charge in [-0.2, -0.15) is 0 Å². The van der Waals surface area contributed by atoms with Crippen molar-refractivity contribution in [3.63, 3.8) is 0 Å². The van der Waals surface area contributed by atoms with Crippen molar-refractivity contribution in [1.82, 2.24) is 14.7 Å². The Labute approximate surface area is 252 Å². The Kier molecular flexibility index (Phi) is 8.20. The Hall–Kier alpha value is -3.84. The van der Waals surface area contributed by atoms with E-state index in [1.807, 2.05) is 41.3 Å². The summed E-state index contributed by atoms with van der Waals surface area (Å²) >= 11 is 6.13.